The van der Waals surface area contributed by atoms with E-state index in [-0.39, 0.29) is 5.69 Å². The molecule has 0 spiro atoms. The molecular formula is C13H13N3O2. The molecule has 2 aliphatic rings. The van der Waals surface area contributed by atoms with Crippen LogP contribution < -0.4 is 5.43 Å². The van der Waals surface area contributed by atoms with Crippen molar-refractivity contribution in [2.45, 2.75) is 12.8 Å². The van der Waals surface area contributed by atoms with Gasteiger partial charge < -0.3 is 0 Å². The summed E-state index contributed by atoms with van der Waals surface area (Å²) in [4.78, 5) is 10.4. The Morgan fingerprint density at radius 1 is 1.39 bits per heavy atom. The molecule has 1 aromatic carbocycles. The molecule has 1 aromatic rings. The van der Waals surface area contributed by atoms with E-state index in [1.165, 1.54) is 6.07 Å². The topological polar surface area (TPSA) is 67.5 Å². The van der Waals surface area contributed by atoms with Crippen LogP contribution in [0.1, 0.15) is 12.8 Å². The Morgan fingerprint density at radius 2 is 2.22 bits per heavy atom. The molecule has 1 N–H and O–H groups in total. The molecular weight excluding hydrogens is 230 g/mol. The first kappa shape index (κ1) is 11.0. The van der Waals surface area contributed by atoms with Crippen LogP contribution in [0.15, 0.2) is 41.5 Å². The summed E-state index contributed by atoms with van der Waals surface area (Å²) in [5, 5.41) is 15.1. The number of anilines is 1. The fourth-order valence-corrected chi connectivity index (χ4v) is 2.52. The molecule has 2 atom stereocenters. The molecule has 0 bridgehead atoms. The Hall–Kier alpha value is -2.17. The third kappa shape index (κ3) is 1.77. The standard InChI is InChI=1S/C13H13N3O2/c17-16(18)13-7-2-1-6-11(13)14-15-12-8-9-4-3-5-10(9)12/h1-4,6-7,9-10,14H,5,8H2/b15-12-/t9-,10-/m0/s1. The van der Waals surface area contributed by atoms with E-state index in [9.17, 15) is 10.1 Å². The second kappa shape index (κ2) is 4.25. The second-order valence-electron chi connectivity index (χ2n) is 4.63. The number of rotatable bonds is 3. The van der Waals surface area contributed by atoms with Crippen LogP contribution >= 0.6 is 0 Å². The highest BCUT2D eigenvalue weighted by atomic mass is 16.6. The van der Waals surface area contributed by atoms with Crippen LogP contribution in [0, 0.1) is 22.0 Å². The van der Waals surface area contributed by atoms with Crippen LogP contribution in [-0.4, -0.2) is 10.6 Å². The highest BCUT2D eigenvalue weighted by Crippen LogP contribution is 2.40. The quantitative estimate of drug-likeness (QED) is 0.504. The van der Waals surface area contributed by atoms with Gasteiger partial charge in [0.25, 0.3) is 5.69 Å². The Morgan fingerprint density at radius 3 is 3.00 bits per heavy atom. The second-order valence-corrected chi connectivity index (χ2v) is 4.63. The van der Waals surface area contributed by atoms with E-state index in [1.807, 2.05) is 0 Å². The molecule has 2 aliphatic carbocycles. The third-order valence-corrected chi connectivity index (χ3v) is 3.58. The van der Waals surface area contributed by atoms with Gasteiger partial charge in [0, 0.05) is 17.7 Å². The van der Waals surface area contributed by atoms with Gasteiger partial charge in [0.05, 0.1) is 4.92 Å². The lowest BCUT2D eigenvalue weighted by molar-refractivity contribution is -0.384. The molecule has 0 unspecified atom stereocenters. The molecule has 0 aliphatic heterocycles. The number of nitrogens with zero attached hydrogens (tertiary/aromatic N) is 2. The number of hydrazone groups is 1. The molecule has 0 amide bonds. The van der Waals surface area contributed by atoms with Crippen molar-refractivity contribution in [2.24, 2.45) is 16.9 Å². The maximum absolute atomic E-state index is 10.8. The number of nitro benzene ring substituents is 1. The first-order valence-electron chi connectivity index (χ1n) is 5.98. The fourth-order valence-electron chi connectivity index (χ4n) is 2.52. The van der Waals surface area contributed by atoms with Crippen molar-refractivity contribution >= 4 is 17.1 Å². The minimum absolute atomic E-state index is 0.0577. The van der Waals surface area contributed by atoms with Crippen molar-refractivity contribution in [3.63, 3.8) is 0 Å². The number of hydrogen-bond acceptors (Lipinski definition) is 4. The maximum Gasteiger partial charge on any atom is 0.294 e. The van der Waals surface area contributed by atoms with E-state index in [0.717, 1.165) is 18.6 Å². The number of benzene rings is 1. The fraction of sp³-hybridized carbons (Fsp3) is 0.308. The molecule has 0 aromatic heterocycles. The van der Waals surface area contributed by atoms with Crippen LogP contribution in [0.3, 0.4) is 0 Å². The van der Waals surface area contributed by atoms with Gasteiger partial charge in [-0.25, -0.2) is 0 Å². The van der Waals surface area contributed by atoms with Gasteiger partial charge in [-0.15, -0.1) is 0 Å². The van der Waals surface area contributed by atoms with Crippen LogP contribution in [0.5, 0.6) is 0 Å². The predicted molar refractivity (Wildman–Crippen MR) is 69.5 cm³/mol. The zero-order chi connectivity index (χ0) is 12.5. The summed E-state index contributed by atoms with van der Waals surface area (Å²) in [5.74, 6) is 1.15. The molecule has 1 fully saturated rings. The van der Waals surface area contributed by atoms with Crippen molar-refractivity contribution in [1.29, 1.82) is 0 Å². The third-order valence-electron chi connectivity index (χ3n) is 3.58. The monoisotopic (exact) mass is 243 g/mol. The molecule has 3 rings (SSSR count). The summed E-state index contributed by atoms with van der Waals surface area (Å²) in [6.07, 6.45) is 6.42. The van der Waals surface area contributed by atoms with Gasteiger partial charge in [-0.3, -0.25) is 15.5 Å². The summed E-state index contributed by atoms with van der Waals surface area (Å²) in [7, 11) is 0. The van der Waals surface area contributed by atoms with Gasteiger partial charge in [0.15, 0.2) is 0 Å². The predicted octanol–water partition coefficient (Wildman–Crippen LogP) is 2.96. The molecule has 0 heterocycles. The van der Waals surface area contributed by atoms with E-state index in [1.54, 1.807) is 18.2 Å². The van der Waals surface area contributed by atoms with E-state index < -0.39 is 4.92 Å². The molecule has 0 saturated heterocycles. The van der Waals surface area contributed by atoms with Crippen LogP contribution in [-0.2, 0) is 0 Å². The van der Waals surface area contributed by atoms with E-state index in [4.69, 9.17) is 0 Å². The number of hydrogen-bond donors (Lipinski definition) is 1. The molecule has 1 saturated carbocycles. The van der Waals surface area contributed by atoms with E-state index in [2.05, 4.69) is 22.7 Å². The van der Waals surface area contributed by atoms with Crippen LogP contribution in [0.4, 0.5) is 11.4 Å². The highest BCUT2D eigenvalue weighted by Gasteiger charge is 2.37. The van der Waals surface area contributed by atoms with Crippen molar-refractivity contribution in [1.82, 2.24) is 0 Å². The largest absolute Gasteiger partial charge is 0.294 e. The Bertz CT molecular complexity index is 551. The van der Waals surface area contributed by atoms with Crippen molar-refractivity contribution < 1.29 is 4.92 Å². The van der Waals surface area contributed by atoms with E-state index >= 15 is 0 Å². The van der Waals surface area contributed by atoms with Gasteiger partial charge in [-0.05, 0) is 24.8 Å². The molecule has 18 heavy (non-hydrogen) atoms. The summed E-state index contributed by atoms with van der Waals surface area (Å²) in [6.45, 7) is 0. The van der Waals surface area contributed by atoms with Crippen molar-refractivity contribution in [3.8, 4) is 0 Å². The number of allylic oxidation sites excluding steroid dienone is 2. The number of fused-ring (bicyclic) bond motifs is 1. The minimum Gasteiger partial charge on any atom is -0.272 e. The lowest BCUT2D eigenvalue weighted by atomic mass is 9.74. The van der Waals surface area contributed by atoms with Crippen LogP contribution in [0.25, 0.3) is 0 Å². The highest BCUT2D eigenvalue weighted by molar-refractivity contribution is 5.94. The van der Waals surface area contributed by atoms with E-state index in [0.29, 0.717) is 17.5 Å². The zero-order valence-electron chi connectivity index (χ0n) is 9.74. The van der Waals surface area contributed by atoms with Crippen LogP contribution in [0.2, 0.25) is 0 Å². The molecule has 0 radical (unpaired) electrons. The average Bonchev–Trinajstić information content (AvgIpc) is 2.71. The zero-order valence-corrected chi connectivity index (χ0v) is 9.74. The lowest BCUT2D eigenvalue weighted by Gasteiger charge is -2.31. The van der Waals surface area contributed by atoms with Gasteiger partial charge in [-0.1, -0.05) is 24.3 Å². The Balaban J connectivity index is 1.74. The maximum atomic E-state index is 10.8. The normalized spacial score (nSPS) is 26.8. The van der Waals surface area contributed by atoms with Gasteiger partial charge in [-0.2, -0.15) is 5.10 Å². The molecule has 5 nitrogen and oxygen atoms in total. The lowest BCUT2D eigenvalue weighted by Crippen LogP contribution is -2.33. The van der Waals surface area contributed by atoms with Gasteiger partial charge in [0.1, 0.15) is 5.69 Å². The Labute approximate surface area is 104 Å². The Kier molecular flexibility index (Phi) is 2.59. The van der Waals surface area contributed by atoms with Crippen molar-refractivity contribution in [3.05, 3.63) is 46.5 Å². The van der Waals surface area contributed by atoms with Crippen molar-refractivity contribution in [2.75, 3.05) is 5.43 Å². The van der Waals surface area contributed by atoms with Gasteiger partial charge >= 0.3 is 0 Å². The number of nitro groups is 1. The number of nitrogens with one attached hydrogen (secondary N) is 1. The summed E-state index contributed by atoms with van der Waals surface area (Å²) < 4.78 is 0. The first-order chi connectivity index (χ1) is 8.75. The summed E-state index contributed by atoms with van der Waals surface area (Å²) in [5.41, 5.74) is 4.45. The SMILES string of the molecule is O=[N+]([O-])c1ccccc1N/N=C1/C[C@@H]2C=CC[C@H]12. The van der Waals surface area contributed by atoms with Gasteiger partial charge in [0.2, 0.25) is 0 Å². The summed E-state index contributed by atoms with van der Waals surface area (Å²) in [6, 6.07) is 6.56. The number of para-hydroxylation sites is 2. The summed E-state index contributed by atoms with van der Waals surface area (Å²) >= 11 is 0. The smallest absolute Gasteiger partial charge is 0.272 e. The molecule has 92 valence electrons. The minimum atomic E-state index is -0.400. The first-order valence-corrected chi connectivity index (χ1v) is 5.98. The average molecular weight is 243 g/mol. The molecule has 5 heteroatoms.